The van der Waals surface area contributed by atoms with Gasteiger partial charge in [-0.15, -0.1) is 0 Å². The molecule has 178 valence electrons. The molecule has 0 bridgehead atoms. The second-order valence-corrected chi connectivity index (χ2v) is 7.91. The number of hydrogen-bond donors (Lipinski definition) is 2. The molecule has 2 atom stereocenters. The number of ether oxygens (including phenoxy) is 2. The first-order chi connectivity index (χ1) is 15.5. The quantitative estimate of drug-likeness (QED) is 0.392. The van der Waals surface area contributed by atoms with Crippen molar-refractivity contribution in [2.75, 3.05) is 25.6 Å². The van der Waals surface area contributed by atoms with E-state index in [-0.39, 0.29) is 22.9 Å². The first kappa shape index (κ1) is 25.0. The summed E-state index contributed by atoms with van der Waals surface area (Å²) in [6, 6.07) is 8.35. The van der Waals surface area contributed by atoms with Crippen molar-refractivity contribution in [1.29, 1.82) is 0 Å². The van der Waals surface area contributed by atoms with Crippen molar-refractivity contribution < 1.29 is 32.1 Å². The summed E-state index contributed by atoms with van der Waals surface area (Å²) in [4.78, 5) is 4.38. The minimum atomic E-state index is -5.16. The second-order valence-electron chi connectivity index (χ2n) is 7.47. The summed E-state index contributed by atoms with van der Waals surface area (Å²) in [7, 11) is 1.12. The van der Waals surface area contributed by atoms with Crippen LogP contribution in [0.4, 0.5) is 23.2 Å². The van der Waals surface area contributed by atoms with Crippen molar-refractivity contribution in [1.82, 2.24) is 4.98 Å². The van der Waals surface area contributed by atoms with E-state index in [1.54, 1.807) is 31.2 Å². The Balaban J connectivity index is 2.27. The number of benzene rings is 2. The molecule has 5 nitrogen and oxygen atoms in total. The van der Waals surface area contributed by atoms with Crippen LogP contribution in [0.3, 0.4) is 0 Å². The Bertz CT molecular complexity index is 1140. The molecule has 2 aromatic carbocycles. The van der Waals surface area contributed by atoms with Gasteiger partial charge in [0.15, 0.2) is 11.6 Å². The smallest absolute Gasteiger partial charge is 0.421 e. The summed E-state index contributed by atoms with van der Waals surface area (Å²) in [5, 5.41) is 14.1. The maximum absolute atomic E-state index is 14.6. The molecule has 0 aliphatic carbocycles. The first-order valence-corrected chi connectivity index (χ1v) is 10.4. The Morgan fingerprint density at radius 3 is 2.55 bits per heavy atom. The number of fused-ring (bicyclic) bond motifs is 1. The predicted octanol–water partition coefficient (Wildman–Crippen LogP) is 5.83. The molecule has 0 amide bonds. The fourth-order valence-corrected chi connectivity index (χ4v) is 3.80. The van der Waals surface area contributed by atoms with Gasteiger partial charge in [0.1, 0.15) is 0 Å². The van der Waals surface area contributed by atoms with Crippen LogP contribution in [0.15, 0.2) is 42.5 Å². The van der Waals surface area contributed by atoms with Crippen LogP contribution >= 0.6 is 11.6 Å². The fourth-order valence-electron chi connectivity index (χ4n) is 3.59. The van der Waals surface area contributed by atoms with E-state index < -0.39 is 36.0 Å². The molecule has 3 rings (SSSR count). The summed E-state index contributed by atoms with van der Waals surface area (Å²) < 4.78 is 67.6. The molecule has 0 saturated carbocycles. The number of nitrogens with one attached hydrogen (secondary N) is 1. The van der Waals surface area contributed by atoms with Gasteiger partial charge < -0.3 is 19.9 Å². The summed E-state index contributed by atoms with van der Waals surface area (Å²) in [5.74, 6) is -1.45. The molecule has 3 aromatic rings. The van der Waals surface area contributed by atoms with Crippen molar-refractivity contribution >= 4 is 28.2 Å². The lowest BCUT2D eigenvalue weighted by Crippen LogP contribution is -2.56. The van der Waals surface area contributed by atoms with Gasteiger partial charge in [0.05, 0.1) is 25.3 Å². The van der Waals surface area contributed by atoms with E-state index in [1.807, 2.05) is 0 Å². The highest BCUT2D eigenvalue weighted by atomic mass is 35.5. The third-order valence-electron chi connectivity index (χ3n) is 5.22. The molecule has 33 heavy (non-hydrogen) atoms. The lowest BCUT2D eigenvalue weighted by atomic mass is 9.87. The number of anilines is 1. The third-order valence-corrected chi connectivity index (χ3v) is 5.44. The molecular formula is C23H23ClF4N2O3. The van der Waals surface area contributed by atoms with Gasteiger partial charge in [-0.1, -0.05) is 17.7 Å². The number of pyridine rings is 1. The van der Waals surface area contributed by atoms with Crippen LogP contribution in [0.1, 0.15) is 24.2 Å². The third kappa shape index (κ3) is 5.00. The molecule has 0 fully saturated rings. The lowest BCUT2D eigenvalue weighted by Gasteiger charge is -2.39. The largest absolute Gasteiger partial charge is 0.493 e. The predicted molar refractivity (Wildman–Crippen MR) is 118 cm³/mol. The topological polar surface area (TPSA) is 63.6 Å². The highest BCUT2D eigenvalue weighted by Crippen LogP contribution is 2.46. The van der Waals surface area contributed by atoms with Gasteiger partial charge in [-0.05, 0) is 50.2 Å². The fraction of sp³-hybridized carbons (Fsp3) is 0.348. The molecule has 2 unspecified atom stereocenters. The van der Waals surface area contributed by atoms with Gasteiger partial charge in [-0.2, -0.15) is 13.2 Å². The number of methoxy groups -OCH3 is 1. The molecule has 0 aliphatic rings. The second kappa shape index (κ2) is 9.70. The zero-order valence-corrected chi connectivity index (χ0v) is 18.9. The van der Waals surface area contributed by atoms with Crippen LogP contribution in [0.2, 0.25) is 5.02 Å². The summed E-state index contributed by atoms with van der Waals surface area (Å²) in [6.07, 6.45) is -5.16. The average Bonchev–Trinajstić information content (AvgIpc) is 2.74. The van der Waals surface area contributed by atoms with Crippen molar-refractivity contribution in [3.05, 3.63) is 64.6 Å². The minimum Gasteiger partial charge on any atom is -0.493 e. The zero-order chi connectivity index (χ0) is 24.4. The van der Waals surface area contributed by atoms with Crippen LogP contribution in [0.5, 0.6) is 5.75 Å². The van der Waals surface area contributed by atoms with E-state index in [2.05, 4.69) is 10.3 Å². The molecule has 0 spiro atoms. The molecular weight excluding hydrogens is 464 g/mol. The monoisotopic (exact) mass is 486 g/mol. The maximum Gasteiger partial charge on any atom is 0.421 e. The van der Waals surface area contributed by atoms with Gasteiger partial charge in [-0.3, -0.25) is 4.98 Å². The number of alkyl halides is 3. The molecule has 0 aliphatic heterocycles. The van der Waals surface area contributed by atoms with Gasteiger partial charge >= 0.3 is 6.18 Å². The zero-order valence-electron chi connectivity index (χ0n) is 18.1. The van der Waals surface area contributed by atoms with Crippen molar-refractivity contribution in [3.8, 4) is 5.75 Å². The number of nitrogens with zero attached hydrogens (tertiary/aromatic N) is 1. The van der Waals surface area contributed by atoms with E-state index in [4.69, 9.17) is 21.1 Å². The Labute approximate surface area is 193 Å². The van der Waals surface area contributed by atoms with Gasteiger partial charge in [0, 0.05) is 34.0 Å². The van der Waals surface area contributed by atoms with Gasteiger partial charge in [0.2, 0.25) is 5.60 Å². The Morgan fingerprint density at radius 2 is 1.91 bits per heavy atom. The number of aliphatic hydroxyl groups is 1. The normalized spacial score (nSPS) is 14.7. The van der Waals surface area contributed by atoms with Gasteiger partial charge in [-0.25, -0.2) is 4.39 Å². The van der Waals surface area contributed by atoms with Crippen LogP contribution in [-0.4, -0.2) is 42.2 Å². The molecule has 0 saturated heterocycles. The molecule has 1 heterocycles. The van der Waals surface area contributed by atoms with E-state index >= 15 is 0 Å². The lowest BCUT2D eigenvalue weighted by molar-refractivity contribution is -0.281. The van der Waals surface area contributed by atoms with Crippen LogP contribution < -0.4 is 10.1 Å². The van der Waals surface area contributed by atoms with Crippen molar-refractivity contribution in [2.24, 2.45) is 0 Å². The van der Waals surface area contributed by atoms with Crippen LogP contribution in [0, 0.1) is 12.7 Å². The highest BCUT2D eigenvalue weighted by Gasteiger charge is 2.60. The van der Waals surface area contributed by atoms with Gasteiger partial charge in [0.25, 0.3) is 0 Å². The van der Waals surface area contributed by atoms with E-state index in [0.717, 1.165) is 24.9 Å². The standard InChI is InChI=1S/C23H23ClF4N2O3/c1-4-33-12-22(31,23(26,27)28)21(16-10-14(24)11-17(25)20(16)32-3)30-19-7-5-6-18-15(19)9-8-13(2)29-18/h5-11,21,30-31H,4,12H2,1-3H3. The van der Waals surface area contributed by atoms with E-state index in [9.17, 15) is 22.7 Å². The Kier molecular flexibility index (Phi) is 7.36. The number of aryl methyl sites for hydroxylation is 1. The van der Waals surface area contributed by atoms with Crippen LogP contribution in [0.25, 0.3) is 10.9 Å². The average molecular weight is 487 g/mol. The SMILES string of the molecule is CCOCC(O)(C(Nc1cccc2nc(C)ccc12)c1cc(Cl)cc(F)c1OC)C(F)(F)F. The number of aromatic nitrogens is 1. The van der Waals surface area contributed by atoms with Crippen molar-refractivity contribution in [2.45, 2.75) is 31.7 Å². The number of rotatable bonds is 8. The summed E-state index contributed by atoms with van der Waals surface area (Å²) in [6.45, 7) is 2.09. The van der Waals surface area contributed by atoms with Crippen molar-refractivity contribution in [3.63, 3.8) is 0 Å². The molecule has 2 N–H and O–H groups in total. The molecule has 10 heteroatoms. The first-order valence-electron chi connectivity index (χ1n) is 10.0. The van der Waals surface area contributed by atoms with E-state index in [0.29, 0.717) is 10.9 Å². The Morgan fingerprint density at radius 1 is 1.18 bits per heavy atom. The maximum atomic E-state index is 14.6. The Hall–Kier alpha value is -2.62. The number of halogens is 5. The summed E-state index contributed by atoms with van der Waals surface area (Å²) in [5.41, 5.74) is -2.29. The molecule has 1 aromatic heterocycles. The molecule has 0 radical (unpaired) electrons. The number of hydrogen-bond acceptors (Lipinski definition) is 5. The van der Waals surface area contributed by atoms with Crippen LogP contribution in [-0.2, 0) is 4.74 Å². The summed E-state index contributed by atoms with van der Waals surface area (Å²) >= 11 is 5.98. The highest BCUT2D eigenvalue weighted by molar-refractivity contribution is 6.30. The van der Waals surface area contributed by atoms with E-state index in [1.165, 1.54) is 13.0 Å². The minimum absolute atomic E-state index is 0.0797.